The molecule has 1 fully saturated rings. The van der Waals surface area contributed by atoms with E-state index < -0.39 is 5.97 Å². The molecule has 0 spiro atoms. The average molecular weight is 249 g/mol. The van der Waals surface area contributed by atoms with Gasteiger partial charge in [0.15, 0.2) is 0 Å². The monoisotopic (exact) mass is 249 g/mol. The standard InChI is InChI=1S/C13H15NO4/c15-11-7-9(5-6-10(11)13(17)18)14-12(16)8-3-1-2-4-8/h5-8,15H,1-4H2,(H,14,16)(H,17,18). The van der Waals surface area contributed by atoms with E-state index in [0.29, 0.717) is 5.69 Å². The second-order valence-electron chi connectivity index (χ2n) is 4.51. The Morgan fingerprint density at radius 1 is 1.22 bits per heavy atom. The van der Waals surface area contributed by atoms with Gasteiger partial charge in [0, 0.05) is 17.7 Å². The van der Waals surface area contributed by atoms with Gasteiger partial charge in [-0.15, -0.1) is 0 Å². The quantitative estimate of drug-likeness (QED) is 0.766. The highest BCUT2D eigenvalue weighted by Crippen LogP contribution is 2.27. The Kier molecular flexibility index (Phi) is 3.50. The Morgan fingerprint density at radius 3 is 2.44 bits per heavy atom. The van der Waals surface area contributed by atoms with Gasteiger partial charge in [0.1, 0.15) is 11.3 Å². The summed E-state index contributed by atoms with van der Waals surface area (Å²) in [6.07, 6.45) is 3.93. The SMILES string of the molecule is O=C(O)c1ccc(NC(=O)C2CCCC2)cc1O. The number of benzene rings is 1. The second-order valence-corrected chi connectivity index (χ2v) is 4.51. The van der Waals surface area contributed by atoms with Crippen molar-refractivity contribution in [1.82, 2.24) is 0 Å². The van der Waals surface area contributed by atoms with E-state index in [1.807, 2.05) is 0 Å². The fourth-order valence-corrected chi connectivity index (χ4v) is 2.22. The number of carbonyl (C=O) groups is 2. The first-order valence-electron chi connectivity index (χ1n) is 5.95. The molecule has 5 nitrogen and oxygen atoms in total. The highest BCUT2D eigenvalue weighted by atomic mass is 16.4. The minimum absolute atomic E-state index is 0.0336. The van der Waals surface area contributed by atoms with Gasteiger partial charge in [-0.1, -0.05) is 12.8 Å². The minimum atomic E-state index is -1.19. The molecule has 0 aliphatic heterocycles. The van der Waals surface area contributed by atoms with E-state index in [0.717, 1.165) is 25.7 Å². The number of amides is 1. The highest BCUT2D eigenvalue weighted by Gasteiger charge is 2.22. The molecule has 0 saturated heterocycles. The van der Waals surface area contributed by atoms with Crippen molar-refractivity contribution >= 4 is 17.6 Å². The molecule has 0 bridgehead atoms. The number of rotatable bonds is 3. The molecule has 0 radical (unpaired) electrons. The van der Waals surface area contributed by atoms with Crippen molar-refractivity contribution in [2.75, 3.05) is 5.32 Å². The summed E-state index contributed by atoms with van der Waals surface area (Å²) in [7, 11) is 0. The summed E-state index contributed by atoms with van der Waals surface area (Å²) >= 11 is 0. The normalized spacial score (nSPS) is 15.6. The van der Waals surface area contributed by atoms with E-state index >= 15 is 0 Å². The van der Waals surface area contributed by atoms with Crippen molar-refractivity contribution < 1.29 is 19.8 Å². The third-order valence-corrected chi connectivity index (χ3v) is 3.22. The lowest BCUT2D eigenvalue weighted by Gasteiger charge is -2.11. The Labute approximate surface area is 104 Å². The first-order chi connectivity index (χ1) is 8.58. The molecule has 5 heteroatoms. The fraction of sp³-hybridized carbons (Fsp3) is 0.385. The van der Waals surface area contributed by atoms with Crippen molar-refractivity contribution in [3.05, 3.63) is 23.8 Å². The zero-order valence-electron chi connectivity index (χ0n) is 9.85. The Bertz CT molecular complexity index is 478. The van der Waals surface area contributed by atoms with Crippen molar-refractivity contribution in [2.24, 2.45) is 5.92 Å². The van der Waals surface area contributed by atoms with Crippen molar-refractivity contribution in [1.29, 1.82) is 0 Å². The number of hydrogen-bond donors (Lipinski definition) is 3. The molecule has 0 aromatic heterocycles. The van der Waals surface area contributed by atoms with Crippen LogP contribution in [0.25, 0.3) is 0 Å². The van der Waals surface area contributed by atoms with Crippen LogP contribution in [-0.4, -0.2) is 22.1 Å². The lowest BCUT2D eigenvalue weighted by atomic mass is 10.1. The molecule has 1 amide bonds. The van der Waals surface area contributed by atoms with Crippen LogP contribution in [0, 0.1) is 5.92 Å². The van der Waals surface area contributed by atoms with Gasteiger partial charge < -0.3 is 15.5 Å². The van der Waals surface area contributed by atoms with Gasteiger partial charge in [0.2, 0.25) is 5.91 Å². The number of anilines is 1. The van der Waals surface area contributed by atoms with E-state index in [9.17, 15) is 14.7 Å². The van der Waals surface area contributed by atoms with Gasteiger partial charge in [0.05, 0.1) is 0 Å². The van der Waals surface area contributed by atoms with Crippen molar-refractivity contribution in [2.45, 2.75) is 25.7 Å². The van der Waals surface area contributed by atoms with E-state index in [1.165, 1.54) is 18.2 Å². The summed E-state index contributed by atoms with van der Waals surface area (Å²) in [6, 6.07) is 4.02. The van der Waals surface area contributed by atoms with Crippen LogP contribution in [0.2, 0.25) is 0 Å². The van der Waals surface area contributed by atoms with Crippen LogP contribution in [0.4, 0.5) is 5.69 Å². The zero-order chi connectivity index (χ0) is 13.1. The third-order valence-electron chi connectivity index (χ3n) is 3.22. The fourth-order valence-electron chi connectivity index (χ4n) is 2.22. The number of phenols is 1. The van der Waals surface area contributed by atoms with Gasteiger partial charge in [0.25, 0.3) is 0 Å². The first-order valence-corrected chi connectivity index (χ1v) is 5.95. The van der Waals surface area contributed by atoms with E-state index in [1.54, 1.807) is 0 Å². The Morgan fingerprint density at radius 2 is 1.89 bits per heavy atom. The van der Waals surface area contributed by atoms with Crippen LogP contribution in [-0.2, 0) is 4.79 Å². The van der Waals surface area contributed by atoms with Gasteiger partial charge in [-0.05, 0) is 25.0 Å². The molecule has 1 aromatic rings. The molecule has 0 unspecified atom stereocenters. The van der Waals surface area contributed by atoms with Crippen LogP contribution in [0.15, 0.2) is 18.2 Å². The Balaban J connectivity index is 2.07. The molecule has 96 valence electrons. The summed E-state index contributed by atoms with van der Waals surface area (Å²) < 4.78 is 0. The third kappa shape index (κ3) is 2.61. The first kappa shape index (κ1) is 12.4. The number of nitrogens with one attached hydrogen (secondary N) is 1. The summed E-state index contributed by atoms with van der Waals surface area (Å²) in [6.45, 7) is 0. The molecule has 1 aromatic carbocycles. The van der Waals surface area contributed by atoms with E-state index in [2.05, 4.69) is 5.32 Å². The molecule has 1 aliphatic rings. The molecule has 1 aliphatic carbocycles. The molecule has 1 saturated carbocycles. The van der Waals surface area contributed by atoms with Gasteiger partial charge in [-0.2, -0.15) is 0 Å². The number of carboxylic acids is 1. The summed E-state index contributed by atoms with van der Waals surface area (Å²) in [5.74, 6) is -1.56. The summed E-state index contributed by atoms with van der Waals surface area (Å²) in [5, 5.41) is 21.0. The molecule has 18 heavy (non-hydrogen) atoms. The maximum absolute atomic E-state index is 11.8. The smallest absolute Gasteiger partial charge is 0.339 e. The van der Waals surface area contributed by atoms with Crippen LogP contribution in [0.5, 0.6) is 5.75 Å². The number of carboxylic acid groups (broad SMARTS) is 1. The molecule has 0 atom stereocenters. The maximum atomic E-state index is 11.8. The topological polar surface area (TPSA) is 86.6 Å². The minimum Gasteiger partial charge on any atom is -0.507 e. The lowest BCUT2D eigenvalue weighted by Crippen LogP contribution is -2.20. The number of aromatic hydroxyl groups is 1. The maximum Gasteiger partial charge on any atom is 0.339 e. The summed E-state index contributed by atoms with van der Waals surface area (Å²) in [5.41, 5.74) is 0.253. The summed E-state index contributed by atoms with van der Waals surface area (Å²) in [4.78, 5) is 22.6. The Hall–Kier alpha value is -2.04. The number of hydrogen-bond acceptors (Lipinski definition) is 3. The molecular formula is C13H15NO4. The van der Waals surface area contributed by atoms with Crippen LogP contribution >= 0.6 is 0 Å². The second kappa shape index (κ2) is 5.08. The zero-order valence-corrected chi connectivity index (χ0v) is 9.85. The van der Waals surface area contributed by atoms with Crippen LogP contribution in [0.1, 0.15) is 36.0 Å². The van der Waals surface area contributed by atoms with Gasteiger partial charge >= 0.3 is 5.97 Å². The van der Waals surface area contributed by atoms with Crippen molar-refractivity contribution in [3.8, 4) is 5.75 Å². The predicted octanol–water partition coefficient (Wildman–Crippen LogP) is 2.22. The molecular weight excluding hydrogens is 234 g/mol. The van der Waals surface area contributed by atoms with Crippen molar-refractivity contribution in [3.63, 3.8) is 0 Å². The molecule has 3 N–H and O–H groups in total. The lowest BCUT2D eigenvalue weighted by molar-refractivity contribution is -0.119. The van der Waals surface area contributed by atoms with Gasteiger partial charge in [-0.25, -0.2) is 4.79 Å². The average Bonchev–Trinajstić information content (AvgIpc) is 2.81. The molecule has 2 rings (SSSR count). The van der Waals surface area contributed by atoms with Crippen LogP contribution < -0.4 is 5.32 Å². The van der Waals surface area contributed by atoms with E-state index in [-0.39, 0.29) is 23.1 Å². The number of carbonyl (C=O) groups excluding carboxylic acids is 1. The van der Waals surface area contributed by atoms with E-state index in [4.69, 9.17) is 5.11 Å². The number of aromatic carboxylic acids is 1. The van der Waals surface area contributed by atoms with Crippen LogP contribution in [0.3, 0.4) is 0 Å². The largest absolute Gasteiger partial charge is 0.507 e. The predicted molar refractivity (Wildman–Crippen MR) is 65.7 cm³/mol. The van der Waals surface area contributed by atoms with Gasteiger partial charge in [-0.3, -0.25) is 4.79 Å². The highest BCUT2D eigenvalue weighted by molar-refractivity contribution is 5.95. The molecule has 0 heterocycles.